The molecule has 2 N–H and O–H groups in total. The highest BCUT2D eigenvalue weighted by Gasteiger charge is 2.01. The molecule has 0 fully saturated rings. The van der Waals surface area contributed by atoms with Crippen LogP contribution in [0, 0.1) is 5.92 Å². The molecule has 0 heterocycles. The molecule has 0 aliphatic heterocycles. The maximum atomic E-state index is 11.5. The lowest BCUT2D eigenvalue weighted by molar-refractivity contribution is -0.119. The van der Waals surface area contributed by atoms with Crippen LogP contribution >= 0.6 is 15.9 Å². The van der Waals surface area contributed by atoms with Crippen molar-refractivity contribution in [1.82, 2.24) is 5.32 Å². The maximum absolute atomic E-state index is 11.5. The molecular weight excluding hydrogens is 280 g/mol. The highest BCUT2D eigenvalue weighted by atomic mass is 79.9. The van der Waals surface area contributed by atoms with Gasteiger partial charge in [-0.1, -0.05) is 29.8 Å². The number of hydrogen-bond acceptors (Lipinski definition) is 2. The van der Waals surface area contributed by atoms with E-state index in [1.54, 1.807) is 0 Å². The van der Waals surface area contributed by atoms with Gasteiger partial charge in [-0.15, -0.1) is 0 Å². The fourth-order valence-electron chi connectivity index (χ4n) is 1.31. The molecule has 1 aromatic carbocycles. The summed E-state index contributed by atoms with van der Waals surface area (Å²) in [5, 5.41) is 5.96. The molecular formula is C13H19BrN2O. The quantitative estimate of drug-likeness (QED) is 0.848. The van der Waals surface area contributed by atoms with Gasteiger partial charge in [0, 0.05) is 16.7 Å². The van der Waals surface area contributed by atoms with E-state index in [-0.39, 0.29) is 5.91 Å². The van der Waals surface area contributed by atoms with Crippen LogP contribution in [0.25, 0.3) is 0 Å². The van der Waals surface area contributed by atoms with Gasteiger partial charge in [0.15, 0.2) is 0 Å². The van der Waals surface area contributed by atoms with Gasteiger partial charge < -0.3 is 10.6 Å². The molecule has 0 unspecified atom stereocenters. The van der Waals surface area contributed by atoms with E-state index in [4.69, 9.17) is 0 Å². The molecule has 0 atom stereocenters. The van der Waals surface area contributed by atoms with Crippen molar-refractivity contribution in [2.24, 2.45) is 5.92 Å². The minimum absolute atomic E-state index is 0.0357. The molecule has 0 radical (unpaired) electrons. The number of anilines is 1. The van der Waals surface area contributed by atoms with Gasteiger partial charge in [-0.3, -0.25) is 4.79 Å². The van der Waals surface area contributed by atoms with Crippen LogP contribution in [-0.2, 0) is 4.79 Å². The van der Waals surface area contributed by atoms with Gasteiger partial charge in [-0.2, -0.15) is 0 Å². The van der Waals surface area contributed by atoms with Gasteiger partial charge in [-0.25, -0.2) is 0 Å². The van der Waals surface area contributed by atoms with Crippen molar-refractivity contribution in [3.8, 4) is 0 Å². The zero-order chi connectivity index (χ0) is 12.7. The Morgan fingerprint density at radius 2 is 1.94 bits per heavy atom. The second-order valence-corrected chi connectivity index (χ2v) is 5.31. The standard InChI is InChI=1S/C13H19BrN2O/c1-10(2)7-8-15-13(17)9-16-12-5-3-11(14)4-6-12/h3-6,10,16H,7-9H2,1-2H3,(H,15,17). The molecule has 0 aromatic heterocycles. The molecule has 0 spiro atoms. The zero-order valence-electron chi connectivity index (χ0n) is 10.3. The minimum atomic E-state index is 0.0357. The summed E-state index contributed by atoms with van der Waals surface area (Å²) in [7, 11) is 0. The number of rotatable bonds is 6. The Bertz CT molecular complexity index is 349. The fourth-order valence-corrected chi connectivity index (χ4v) is 1.58. The SMILES string of the molecule is CC(C)CCNC(=O)CNc1ccc(Br)cc1. The van der Waals surface area contributed by atoms with E-state index in [0.717, 1.165) is 23.1 Å². The monoisotopic (exact) mass is 298 g/mol. The van der Waals surface area contributed by atoms with Crippen LogP contribution in [0.3, 0.4) is 0 Å². The van der Waals surface area contributed by atoms with E-state index >= 15 is 0 Å². The number of amides is 1. The van der Waals surface area contributed by atoms with Crippen molar-refractivity contribution in [3.05, 3.63) is 28.7 Å². The first-order valence-electron chi connectivity index (χ1n) is 5.84. The summed E-state index contributed by atoms with van der Waals surface area (Å²) in [5.41, 5.74) is 0.951. The van der Waals surface area contributed by atoms with Crippen molar-refractivity contribution >= 4 is 27.5 Å². The van der Waals surface area contributed by atoms with Gasteiger partial charge in [0.25, 0.3) is 0 Å². The number of hydrogen-bond donors (Lipinski definition) is 2. The van der Waals surface area contributed by atoms with Crippen molar-refractivity contribution in [3.63, 3.8) is 0 Å². The lowest BCUT2D eigenvalue weighted by atomic mass is 10.1. The van der Waals surface area contributed by atoms with Crippen molar-refractivity contribution < 1.29 is 4.79 Å². The van der Waals surface area contributed by atoms with Gasteiger partial charge in [0.2, 0.25) is 5.91 Å². The number of benzene rings is 1. The smallest absolute Gasteiger partial charge is 0.239 e. The Morgan fingerprint density at radius 3 is 2.53 bits per heavy atom. The highest BCUT2D eigenvalue weighted by molar-refractivity contribution is 9.10. The third kappa shape index (κ3) is 6.31. The van der Waals surface area contributed by atoms with E-state index < -0.39 is 0 Å². The maximum Gasteiger partial charge on any atom is 0.239 e. The normalized spacial score (nSPS) is 10.4. The molecule has 1 rings (SSSR count). The van der Waals surface area contributed by atoms with E-state index in [1.165, 1.54) is 0 Å². The molecule has 4 heteroatoms. The molecule has 0 aliphatic carbocycles. The average Bonchev–Trinajstić information content (AvgIpc) is 2.28. The molecule has 0 saturated heterocycles. The molecule has 3 nitrogen and oxygen atoms in total. The van der Waals surface area contributed by atoms with E-state index in [1.807, 2.05) is 24.3 Å². The first kappa shape index (κ1) is 14.0. The first-order chi connectivity index (χ1) is 8.08. The number of halogens is 1. The predicted molar refractivity (Wildman–Crippen MR) is 75.1 cm³/mol. The van der Waals surface area contributed by atoms with Crippen LogP contribution in [-0.4, -0.2) is 19.0 Å². The van der Waals surface area contributed by atoms with Crippen LogP contribution < -0.4 is 10.6 Å². The Hall–Kier alpha value is -1.03. The average molecular weight is 299 g/mol. The number of nitrogens with one attached hydrogen (secondary N) is 2. The molecule has 0 saturated carbocycles. The first-order valence-corrected chi connectivity index (χ1v) is 6.63. The summed E-state index contributed by atoms with van der Waals surface area (Å²) in [6.45, 7) is 5.36. The predicted octanol–water partition coefficient (Wildman–Crippen LogP) is 3.02. The summed E-state index contributed by atoms with van der Waals surface area (Å²) >= 11 is 3.37. The summed E-state index contributed by atoms with van der Waals surface area (Å²) in [5.74, 6) is 0.656. The molecule has 0 bridgehead atoms. The third-order valence-corrected chi connectivity index (χ3v) is 2.87. The number of carbonyl (C=O) groups is 1. The summed E-state index contributed by atoms with van der Waals surface area (Å²) in [6.07, 6.45) is 1.02. The molecule has 1 aromatic rings. The van der Waals surface area contributed by atoms with E-state index in [9.17, 15) is 4.79 Å². The van der Waals surface area contributed by atoms with Crippen molar-refractivity contribution in [1.29, 1.82) is 0 Å². The van der Waals surface area contributed by atoms with E-state index in [0.29, 0.717) is 12.5 Å². The van der Waals surface area contributed by atoms with Crippen molar-refractivity contribution in [2.75, 3.05) is 18.4 Å². The second-order valence-electron chi connectivity index (χ2n) is 4.39. The van der Waals surface area contributed by atoms with Gasteiger partial charge in [-0.05, 0) is 36.6 Å². The van der Waals surface area contributed by atoms with Crippen LogP contribution in [0.4, 0.5) is 5.69 Å². The number of carbonyl (C=O) groups excluding carboxylic acids is 1. The minimum Gasteiger partial charge on any atom is -0.376 e. The topological polar surface area (TPSA) is 41.1 Å². The van der Waals surface area contributed by atoms with Crippen molar-refractivity contribution in [2.45, 2.75) is 20.3 Å². The Balaban J connectivity index is 2.21. The molecule has 17 heavy (non-hydrogen) atoms. The molecule has 1 amide bonds. The van der Waals surface area contributed by atoms with E-state index in [2.05, 4.69) is 40.4 Å². The van der Waals surface area contributed by atoms with Crippen LogP contribution in [0.2, 0.25) is 0 Å². The van der Waals surface area contributed by atoms with Crippen LogP contribution in [0.1, 0.15) is 20.3 Å². The Labute approximate surface area is 111 Å². The van der Waals surface area contributed by atoms with Crippen LogP contribution in [0.15, 0.2) is 28.7 Å². The fraction of sp³-hybridized carbons (Fsp3) is 0.462. The molecule has 94 valence electrons. The lowest BCUT2D eigenvalue weighted by Crippen LogP contribution is -2.31. The third-order valence-electron chi connectivity index (χ3n) is 2.34. The largest absolute Gasteiger partial charge is 0.376 e. The Morgan fingerprint density at radius 1 is 1.29 bits per heavy atom. The summed E-state index contributed by atoms with van der Waals surface area (Å²) < 4.78 is 1.03. The van der Waals surface area contributed by atoms with Crippen LogP contribution in [0.5, 0.6) is 0 Å². The molecule has 0 aliphatic rings. The zero-order valence-corrected chi connectivity index (χ0v) is 11.9. The highest BCUT2D eigenvalue weighted by Crippen LogP contribution is 2.13. The second kappa shape index (κ2) is 7.33. The lowest BCUT2D eigenvalue weighted by Gasteiger charge is -2.09. The van der Waals surface area contributed by atoms with Gasteiger partial charge in [0.05, 0.1) is 6.54 Å². The van der Waals surface area contributed by atoms with Gasteiger partial charge in [0.1, 0.15) is 0 Å². The Kier molecular flexibility index (Phi) is 6.05. The summed E-state index contributed by atoms with van der Waals surface area (Å²) in [4.78, 5) is 11.5. The van der Waals surface area contributed by atoms with Gasteiger partial charge >= 0.3 is 0 Å². The summed E-state index contributed by atoms with van der Waals surface area (Å²) in [6, 6.07) is 7.76.